The summed E-state index contributed by atoms with van der Waals surface area (Å²) in [5.41, 5.74) is 7.40. The number of halogens is 1. The first-order valence-electron chi connectivity index (χ1n) is 5.19. The summed E-state index contributed by atoms with van der Waals surface area (Å²) in [6.45, 7) is 0. The highest BCUT2D eigenvalue weighted by Crippen LogP contribution is 2.21. The fourth-order valence-corrected chi connectivity index (χ4v) is 1.87. The first-order chi connectivity index (χ1) is 8.58. The van der Waals surface area contributed by atoms with E-state index in [-0.39, 0.29) is 0 Å². The summed E-state index contributed by atoms with van der Waals surface area (Å²) < 4.78 is 1.00. The van der Waals surface area contributed by atoms with Gasteiger partial charge in [-0.15, -0.1) is 0 Å². The van der Waals surface area contributed by atoms with Crippen molar-refractivity contribution in [1.82, 2.24) is 9.97 Å². The molecule has 0 saturated carbocycles. The van der Waals surface area contributed by atoms with Crippen molar-refractivity contribution in [3.05, 3.63) is 45.8 Å². The highest BCUT2D eigenvalue weighted by Gasteiger charge is 2.07. The summed E-state index contributed by atoms with van der Waals surface area (Å²) in [5.74, 6) is 0.635. The Morgan fingerprint density at radius 1 is 1.33 bits per heavy atom. The van der Waals surface area contributed by atoms with Crippen LogP contribution in [0, 0.1) is 3.57 Å². The largest absolute Gasteiger partial charge is 0.389 e. The van der Waals surface area contributed by atoms with E-state index >= 15 is 0 Å². The Bertz CT molecular complexity index is 571. The van der Waals surface area contributed by atoms with Crippen molar-refractivity contribution in [3.63, 3.8) is 0 Å². The Morgan fingerprint density at radius 3 is 2.61 bits per heavy atom. The Morgan fingerprint density at radius 2 is 2.00 bits per heavy atom. The van der Waals surface area contributed by atoms with E-state index in [4.69, 9.17) is 18.0 Å². The molecule has 0 unspecified atom stereocenters. The molecule has 2 aromatic rings. The van der Waals surface area contributed by atoms with Crippen LogP contribution in [0.25, 0.3) is 0 Å². The quantitative estimate of drug-likeness (QED) is 0.665. The highest BCUT2D eigenvalue weighted by molar-refractivity contribution is 14.1. The lowest BCUT2D eigenvalue weighted by Gasteiger charge is -2.17. The van der Waals surface area contributed by atoms with E-state index in [2.05, 4.69) is 32.6 Å². The third kappa shape index (κ3) is 2.94. The second kappa shape index (κ2) is 5.57. The highest BCUT2D eigenvalue weighted by atomic mass is 127. The predicted molar refractivity (Wildman–Crippen MR) is 85.1 cm³/mol. The van der Waals surface area contributed by atoms with Crippen LogP contribution in [-0.4, -0.2) is 22.0 Å². The number of hydrogen-bond acceptors (Lipinski definition) is 4. The fourth-order valence-electron chi connectivity index (χ4n) is 1.46. The van der Waals surface area contributed by atoms with E-state index < -0.39 is 0 Å². The Hall–Kier alpha value is -1.28. The van der Waals surface area contributed by atoms with Crippen molar-refractivity contribution in [2.75, 3.05) is 11.9 Å². The Labute approximate surface area is 124 Å². The molecule has 0 fully saturated rings. The lowest BCUT2D eigenvalue weighted by molar-refractivity contribution is 1.03. The average molecular weight is 370 g/mol. The molecule has 0 aliphatic carbocycles. The normalized spacial score (nSPS) is 10.1. The maximum atomic E-state index is 5.62. The number of thiocarbonyl (C=S) groups is 1. The Balaban J connectivity index is 2.33. The topological polar surface area (TPSA) is 55.0 Å². The molecule has 2 N–H and O–H groups in total. The monoisotopic (exact) mass is 370 g/mol. The summed E-state index contributed by atoms with van der Waals surface area (Å²) in [7, 11) is 1.90. The third-order valence-electron chi connectivity index (χ3n) is 2.42. The molecule has 0 bridgehead atoms. The van der Waals surface area contributed by atoms with E-state index in [0.29, 0.717) is 10.9 Å². The van der Waals surface area contributed by atoms with Gasteiger partial charge in [0.15, 0.2) is 0 Å². The molecule has 0 atom stereocenters. The van der Waals surface area contributed by atoms with Gasteiger partial charge in [0.05, 0.1) is 0 Å². The lowest BCUT2D eigenvalue weighted by atomic mass is 10.2. The number of aromatic nitrogens is 2. The van der Waals surface area contributed by atoms with E-state index in [9.17, 15) is 0 Å². The molecule has 6 heteroatoms. The molecule has 2 rings (SSSR count). The van der Waals surface area contributed by atoms with Crippen molar-refractivity contribution >= 4 is 51.4 Å². The van der Waals surface area contributed by atoms with Crippen LogP contribution in [0.15, 0.2) is 36.7 Å². The van der Waals surface area contributed by atoms with E-state index in [1.165, 1.54) is 0 Å². The molecule has 1 heterocycles. The minimum absolute atomic E-state index is 0.383. The van der Waals surface area contributed by atoms with Gasteiger partial charge in [0, 0.05) is 34.3 Å². The van der Waals surface area contributed by atoms with Crippen LogP contribution in [0.2, 0.25) is 0 Å². The number of anilines is 2. The number of rotatable bonds is 3. The van der Waals surface area contributed by atoms with Gasteiger partial charge in [0.2, 0.25) is 5.95 Å². The molecule has 18 heavy (non-hydrogen) atoms. The number of nitrogens with two attached hydrogens (primary N) is 1. The molecule has 0 saturated heterocycles. The van der Waals surface area contributed by atoms with Crippen molar-refractivity contribution < 1.29 is 0 Å². The summed E-state index contributed by atoms with van der Waals surface area (Å²) in [6.07, 6.45) is 3.55. The van der Waals surface area contributed by atoms with Crippen molar-refractivity contribution in [2.45, 2.75) is 0 Å². The van der Waals surface area contributed by atoms with Gasteiger partial charge in [-0.2, -0.15) is 0 Å². The second-order valence-electron chi connectivity index (χ2n) is 3.67. The van der Waals surface area contributed by atoms with Crippen molar-refractivity contribution in [2.24, 2.45) is 5.73 Å². The minimum atomic E-state index is 0.383. The summed E-state index contributed by atoms with van der Waals surface area (Å²) in [6, 6.07) is 7.67. The van der Waals surface area contributed by atoms with Crippen LogP contribution >= 0.6 is 34.8 Å². The molecule has 1 aromatic carbocycles. The van der Waals surface area contributed by atoms with Crippen LogP contribution in [-0.2, 0) is 0 Å². The molecular weight excluding hydrogens is 359 g/mol. The standard InChI is InChI=1S/C12H11IN4S/c1-17(12-15-6-9(13)7-16-12)10-4-2-3-8(5-10)11(14)18/h2-7H,1H3,(H2,14,18). The van der Waals surface area contributed by atoms with Gasteiger partial charge in [-0.05, 0) is 34.7 Å². The minimum Gasteiger partial charge on any atom is -0.389 e. The van der Waals surface area contributed by atoms with Gasteiger partial charge in [-0.3, -0.25) is 0 Å². The number of nitrogens with zero attached hydrogens (tertiary/aromatic N) is 3. The predicted octanol–water partition coefficient (Wildman–Crippen LogP) is 2.48. The van der Waals surface area contributed by atoms with Crippen molar-refractivity contribution in [3.8, 4) is 0 Å². The van der Waals surface area contributed by atoms with Crippen molar-refractivity contribution in [1.29, 1.82) is 0 Å². The molecule has 0 aliphatic rings. The first kappa shape index (κ1) is 13.2. The van der Waals surface area contributed by atoms with Gasteiger partial charge in [0.1, 0.15) is 4.99 Å². The molecule has 0 amide bonds. The zero-order chi connectivity index (χ0) is 13.1. The zero-order valence-electron chi connectivity index (χ0n) is 9.67. The maximum absolute atomic E-state index is 5.62. The molecule has 0 radical (unpaired) electrons. The summed E-state index contributed by atoms with van der Waals surface area (Å²) in [5, 5.41) is 0. The second-order valence-corrected chi connectivity index (χ2v) is 5.36. The van der Waals surface area contributed by atoms with Gasteiger partial charge < -0.3 is 10.6 Å². The van der Waals surface area contributed by atoms with Crippen LogP contribution in [0.1, 0.15) is 5.56 Å². The summed E-state index contributed by atoms with van der Waals surface area (Å²) in [4.78, 5) is 10.8. The van der Waals surface area contributed by atoms with E-state index in [1.807, 2.05) is 36.2 Å². The zero-order valence-corrected chi connectivity index (χ0v) is 12.6. The van der Waals surface area contributed by atoms with Crippen LogP contribution in [0.4, 0.5) is 11.6 Å². The molecule has 0 spiro atoms. The summed E-state index contributed by atoms with van der Waals surface area (Å²) >= 11 is 7.14. The molecule has 92 valence electrons. The first-order valence-corrected chi connectivity index (χ1v) is 6.68. The van der Waals surface area contributed by atoms with Crippen LogP contribution in [0.5, 0.6) is 0 Å². The third-order valence-corrected chi connectivity index (χ3v) is 3.22. The molecule has 0 aliphatic heterocycles. The van der Waals surface area contributed by atoms with Gasteiger partial charge in [-0.1, -0.05) is 24.4 Å². The lowest BCUT2D eigenvalue weighted by Crippen LogP contribution is -2.15. The fraction of sp³-hybridized carbons (Fsp3) is 0.0833. The molecule has 1 aromatic heterocycles. The smallest absolute Gasteiger partial charge is 0.229 e. The number of benzene rings is 1. The SMILES string of the molecule is CN(c1cccc(C(N)=S)c1)c1ncc(I)cn1. The number of hydrogen-bond donors (Lipinski definition) is 1. The Kier molecular flexibility index (Phi) is 4.07. The van der Waals surface area contributed by atoms with Gasteiger partial charge in [0.25, 0.3) is 0 Å². The maximum Gasteiger partial charge on any atom is 0.229 e. The van der Waals surface area contributed by atoms with Gasteiger partial charge in [-0.25, -0.2) is 9.97 Å². The molecule has 4 nitrogen and oxygen atoms in total. The van der Waals surface area contributed by atoms with Crippen LogP contribution in [0.3, 0.4) is 0 Å². The van der Waals surface area contributed by atoms with E-state index in [0.717, 1.165) is 14.8 Å². The van der Waals surface area contributed by atoms with Crippen LogP contribution < -0.4 is 10.6 Å². The average Bonchev–Trinajstić information content (AvgIpc) is 2.39. The molecular formula is C12H11IN4S. The van der Waals surface area contributed by atoms with Gasteiger partial charge >= 0.3 is 0 Å². The van der Waals surface area contributed by atoms with E-state index in [1.54, 1.807) is 12.4 Å².